The molecule has 0 saturated carbocycles. The molecule has 1 amide bonds. The van der Waals surface area contributed by atoms with Gasteiger partial charge in [-0.25, -0.2) is 4.99 Å². The number of allylic oxidation sites excluding steroid dienone is 1. The first kappa shape index (κ1) is 18.3. The number of rotatable bonds is 4. The summed E-state index contributed by atoms with van der Waals surface area (Å²) >= 11 is 1.55. The Morgan fingerprint density at radius 1 is 0.929 bits per heavy atom. The number of carbonyl (C=O) groups excluding carboxylic acids is 1. The monoisotopic (exact) mass is 384 g/mol. The van der Waals surface area contributed by atoms with Crippen LogP contribution in [-0.4, -0.2) is 17.4 Å². The topological polar surface area (TPSA) is 32.7 Å². The van der Waals surface area contributed by atoms with Crippen LogP contribution in [0.25, 0.3) is 0 Å². The van der Waals surface area contributed by atoms with Crippen LogP contribution < -0.4 is 4.90 Å². The fourth-order valence-electron chi connectivity index (χ4n) is 3.01. The number of thioether (sulfide) groups is 1. The highest BCUT2D eigenvalue weighted by molar-refractivity contribution is 8.04. The van der Waals surface area contributed by atoms with Gasteiger partial charge in [-0.3, -0.25) is 9.69 Å². The summed E-state index contributed by atoms with van der Waals surface area (Å²) in [5.41, 5.74) is 4.82. The lowest BCUT2D eigenvalue weighted by molar-refractivity contribution is -0.115. The van der Waals surface area contributed by atoms with Gasteiger partial charge in [0.2, 0.25) is 5.91 Å². The summed E-state index contributed by atoms with van der Waals surface area (Å²) in [5.74, 6) is 0.526. The van der Waals surface area contributed by atoms with E-state index in [4.69, 9.17) is 4.99 Å². The SMILES string of the molecule is Cc1ccc(N=C(/C=C2\SCC(=O)N2c2ccccc2)c2ccccc2)cc1. The first-order valence-electron chi connectivity index (χ1n) is 9.14. The van der Waals surface area contributed by atoms with Crippen LogP contribution in [0.2, 0.25) is 0 Å². The van der Waals surface area contributed by atoms with Crippen LogP contribution in [0.1, 0.15) is 11.1 Å². The molecule has 3 aromatic carbocycles. The summed E-state index contributed by atoms with van der Waals surface area (Å²) < 4.78 is 0. The van der Waals surface area contributed by atoms with Gasteiger partial charge >= 0.3 is 0 Å². The van der Waals surface area contributed by atoms with Gasteiger partial charge in [0.1, 0.15) is 0 Å². The zero-order valence-corrected chi connectivity index (χ0v) is 16.4. The number of aryl methyl sites for hydroxylation is 1. The normalized spacial score (nSPS) is 16.0. The number of hydrogen-bond donors (Lipinski definition) is 0. The third-order valence-corrected chi connectivity index (χ3v) is 5.43. The molecule has 1 aliphatic heterocycles. The number of anilines is 1. The minimum Gasteiger partial charge on any atom is -0.274 e. The lowest BCUT2D eigenvalue weighted by Gasteiger charge is -2.17. The van der Waals surface area contributed by atoms with Gasteiger partial charge in [-0.05, 0) is 37.3 Å². The van der Waals surface area contributed by atoms with Crippen molar-refractivity contribution in [3.8, 4) is 0 Å². The first-order valence-corrected chi connectivity index (χ1v) is 10.1. The van der Waals surface area contributed by atoms with Crippen molar-refractivity contribution in [3.63, 3.8) is 0 Å². The summed E-state index contributed by atoms with van der Waals surface area (Å²) in [4.78, 5) is 19.2. The molecule has 0 atom stereocenters. The van der Waals surface area contributed by atoms with E-state index < -0.39 is 0 Å². The molecule has 0 N–H and O–H groups in total. The van der Waals surface area contributed by atoms with Gasteiger partial charge in [0.25, 0.3) is 0 Å². The highest BCUT2D eigenvalue weighted by atomic mass is 32.2. The van der Waals surface area contributed by atoms with Crippen LogP contribution in [-0.2, 0) is 4.79 Å². The molecule has 138 valence electrons. The Morgan fingerprint density at radius 2 is 1.57 bits per heavy atom. The van der Waals surface area contributed by atoms with E-state index in [2.05, 4.69) is 19.1 Å². The molecule has 0 bridgehead atoms. The molecule has 3 aromatic rings. The Kier molecular flexibility index (Phi) is 5.40. The Balaban J connectivity index is 1.78. The second kappa shape index (κ2) is 8.28. The second-order valence-electron chi connectivity index (χ2n) is 6.53. The fourth-order valence-corrected chi connectivity index (χ4v) is 3.94. The molecule has 0 unspecified atom stereocenters. The van der Waals surface area contributed by atoms with Crippen LogP contribution in [0.4, 0.5) is 11.4 Å². The molecule has 0 aromatic heterocycles. The minimum atomic E-state index is 0.0881. The predicted octanol–water partition coefficient (Wildman–Crippen LogP) is 5.74. The Labute approximate surface area is 169 Å². The van der Waals surface area contributed by atoms with Crippen molar-refractivity contribution >= 4 is 34.8 Å². The van der Waals surface area contributed by atoms with Gasteiger partial charge in [0, 0.05) is 11.3 Å². The van der Waals surface area contributed by atoms with Gasteiger partial charge < -0.3 is 0 Å². The quantitative estimate of drug-likeness (QED) is 0.538. The first-order chi connectivity index (χ1) is 13.7. The average molecular weight is 385 g/mol. The number of aliphatic imine (C=N–C) groups is 1. The molecule has 28 heavy (non-hydrogen) atoms. The summed E-state index contributed by atoms with van der Waals surface area (Å²) in [5, 5.41) is 0.894. The average Bonchev–Trinajstić information content (AvgIpc) is 3.10. The lowest BCUT2D eigenvalue weighted by Crippen LogP contribution is -2.24. The maximum absolute atomic E-state index is 12.5. The second-order valence-corrected chi connectivity index (χ2v) is 7.53. The number of carbonyl (C=O) groups is 1. The van der Waals surface area contributed by atoms with Crippen molar-refractivity contribution in [1.82, 2.24) is 0 Å². The van der Waals surface area contributed by atoms with Gasteiger partial charge in [0.15, 0.2) is 0 Å². The van der Waals surface area contributed by atoms with Gasteiger partial charge in [-0.15, -0.1) is 0 Å². The van der Waals surface area contributed by atoms with E-state index >= 15 is 0 Å². The molecular formula is C24H20N2OS. The molecular weight excluding hydrogens is 364 g/mol. The van der Waals surface area contributed by atoms with E-state index in [1.807, 2.05) is 78.9 Å². The number of nitrogens with zero attached hydrogens (tertiary/aromatic N) is 2. The van der Waals surface area contributed by atoms with Crippen LogP contribution in [0.15, 0.2) is 101 Å². The zero-order valence-electron chi connectivity index (χ0n) is 15.6. The van der Waals surface area contributed by atoms with Crippen LogP contribution in [0.5, 0.6) is 0 Å². The Bertz CT molecular complexity index is 1030. The van der Waals surface area contributed by atoms with Crippen molar-refractivity contribution < 1.29 is 4.79 Å². The summed E-state index contributed by atoms with van der Waals surface area (Å²) in [6.07, 6.45) is 2.01. The van der Waals surface area contributed by atoms with E-state index in [1.165, 1.54) is 5.56 Å². The summed E-state index contributed by atoms with van der Waals surface area (Å²) in [6.45, 7) is 2.06. The van der Waals surface area contributed by atoms with Crippen molar-refractivity contribution in [2.45, 2.75) is 6.92 Å². The highest BCUT2D eigenvalue weighted by Crippen LogP contribution is 2.34. The largest absolute Gasteiger partial charge is 0.274 e. The van der Waals surface area contributed by atoms with E-state index in [9.17, 15) is 4.79 Å². The highest BCUT2D eigenvalue weighted by Gasteiger charge is 2.28. The van der Waals surface area contributed by atoms with Gasteiger partial charge in [0.05, 0.1) is 22.2 Å². The van der Waals surface area contributed by atoms with Gasteiger partial charge in [-0.1, -0.05) is 78.0 Å². The zero-order chi connectivity index (χ0) is 19.3. The molecule has 1 aliphatic rings. The van der Waals surface area contributed by atoms with E-state index in [-0.39, 0.29) is 5.91 Å². The molecule has 1 fully saturated rings. The molecule has 4 heteroatoms. The Hall–Kier alpha value is -3.11. The molecule has 3 nitrogen and oxygen atoms in total. The smallest absolute Gasteiger partial charge is 0.242 e. The van der Waals surface area contributed by atoms with Gasteiger partial charge in [-0.2, -0.15) is 0 Å². The molecule has 1 heterocycles. The molecule has 0 aliphatic carbocycles. The van der Waals surface area contributed by atoms with Crippen molar-refractivity contribution in [2.24, 2.45) is 4.99 Å². The Morgan fingerprint density at radius 3 is 2.25 bits per heavy atom. The standard InChI is InChI=1S/C24H20N2OS/c1-18-12-14-20(15-13-18)25-22(19-8-4-2-5-9-19)16-24-26(23(27)17-28-24)21-10-6-3-7-11-21/h2-16H,17H2,1H3/b24-16-,25-22?. The van der Waals surface area contributed by atoms with Crippen molar-refractivity contribution in [2.75, 3.05) is 10.7 Å². The molecule has 0 radical (unpaired) electrons. The summed E-state index contributed by atoms with van der Waals surface area (Å²) in [7, 11) is 0. The maximum Gasteiger partial charge on any atom is 0.242 e. The number of hydrogen-bond acceptors (Lipinski definition) is 3. The number of benzene rings is 3. The van der Waals surface area contributed by atoms with Crippen molar-refractivity contribution in [1.29, 1.82) is 0 Å². The minimum absolute atomic E-state index is 0.0881. The molecule has 4 rings (SSSR count). The van der Waals surface area contributed by atoms with E-state index in [0.717, 1.165) is 27.7 Å². The molecule has 1 saturated heterocycles. The van der Waals surface area contributed by atoms with Crippen molar-refractivity contribution in [3.05, 3.63) is 107 Å². The fraction of sp³-hybridized carbons (Fsp3) is 0.0833. The lowest BCUT2D eigenvalue weighted by atomic mass is 10.1. The maximum atomic E-state index is 12.5. The number of amides is 1. The van der Waals surface area contributed by atoms with E-state index in [1.54, 1.807) is 16.7 Å². The number of para-hydroxylation sites is 1. The van der Waals surface area contributed by atoms with Crippen LogP contribution in [0, 0.1) is 6.92 Å². The third-order valence-electron chi connectivity index (χ3n) is 4.44. The summed E-state index contributed by atoms with van der Waals surface area (Å²) in [6, 6.07) is 28.0. The van der Waals surface area contributed by atoms with E-state index in [0.29, 0.717) is 5.75 Å². The van der Waals surface area contributed by atoms with Crippen LogP contribution >= 0.6 is 11.8 Å². The molecule has 0 spiro atoms. The third kappa shape index (κ3) is 4.07. The predicted molar refractivity (Wildman–Crippen MR) is 118 cm³/mol. The van der Waals surface area contributed by atoms with Crippen LogP contribution in [0.3, 0.4) is 0 Å².